The molecule has 33 heavy (non-hydrogen) atoms. The second-order valence-electron chi connectivity index (χ2n) is 7.82. The highest BCUT2D eigenvalue weighted by atomic mass is 79.9. The number of benzene rings is 1. The Morgan fingerprint density at radius 1 is 1.24 bits per heavy atom. The van der Waals surface area contributed by atoms with Crippen LogP contribution in [0.4, 0.5) is 5.69 Å². The fourth-order valence-corrected chi connectivity index (χ4v) is 3.77. The zero-order chi connectivity index (χ0) is 24.7. The van der Waals surface area contributed by atoms with Crippen molar-refractivity contribution in [2.24, 2.45) is 8.80 Å². The molecular formula is C22H30BrN5O4S. The molecule has 9 nitrogen and oxygen atoms in total. The van der Waals surface area contributed by atoms with Gasteiger partial charge in [0.05, 0.1) is 24.1 Å². The van der Waals surface area contributed by atoms with Crippen molar-refractivity contribution in [1.29, 1.82) is 0 Å². The Morgan fingerprint density at radius 2 is 1.88 bits per heavy atom. The van der Waals surface area contributed by atoms with E-state index in [2.05, 4.69) is 63.1 Å². The summed E-state index contributed by atoms with van der Waals surface area (Å²) in [6, 6.07) is 5.15. The lowest BCUT2D eigenvalue weighted by Crippen LogP contribution is -2.33. The predicted octanol–water partition coefficient (Wildman–Crippen LogP) is 4.58. The number of hydrogen-bond donors (Lipinski definition) is 3. The fourth-order valence-electron chi connectivity index (χ4n) is 2.65. The minimum Gasteiger partial charge on any atom is -0.505 e. The number of anilines is 1. The largest absolute Gasteiger partial charge is 0.505 e. The summed E-state index contributed by atoms with van der Waals surface area (Å²) >= 11 is 1.49. The standard InChI is InChI=1S/C19H22BrN5O4S.C3H8/c1-10(2)11-7-12(29-9-11)8-21-17-18(24-30(28)23-17)22-14-6-5-13(20)15(16(14)26)19(27)25(3)4;1-3-2/h5-7,9-10,26H,8H2,1-4H3,(H,21,23)(H,22,24);3H2,1-2H3. The van der Waals surface area contributed by atoms with Gasteiger partial charge in [0.15, 0.2) is 17.4 Å². The summed E-state index contributed by atoms with van der Waals surface area (Å²) < 4.78 is 25.7. The number of nitrogens with zero attached hydrogens (tertiary/aromatic N) is 3. The van der Waals surface area contributed by atoms with Gasteiger partial charge in [0, 0.05) is 18.6 Å². The van der Waals surface area contributed by atoms with Crippen LogP contribution < -0.4 is 10.6 Å². The van der Waals surface area contributed by atoms with Crippen molar-refractivity contribution in [3.8, 4) is 5.75 Å². The molecule has 2 aromatic rings. The quantitative estimate of drug-likeness (QED) is 0.478. The SMILES string of the molecule is CC(C)c1coc(CNC2=NS(=O)N=C2Nc2ccc(Br)c(C(=O)N(C)C)c2O)c1.CCC. The van der Waals surface area contributed by atoms with Crippen molar-refractivity contribution in [2.45, 2.75) is 46.6 Å². The van der Waals surface area contributed by atoms with Crippen LogP contribution in [0.15, 0.2) is 42.1 Å². The van der Waals surface area contributed by atoms with Crippen LogP contribution in [0.2, 0.25) is 0 Å². The number of carbonyl (C=O) groups excluding carboxylic acids is 1. The van der Waals surface area contributed by atoms with Crippen molar-refractivity contribution < 1.29 is 18.5 Å². The van der Waals surface area contributed by atoms with Crippen LogP contribution in [0.1, 0.15) is 61.7 Å². The van der Waals surface area contributed by atoms with E-state index in [1.807, 2.05) is 6.07 Å². The Bertz CT molecular complexity index is 1080. The molecule has 11 heteroatoms. The number of amides is 1. The van der Waals surface area contributed by atoms with Gasteiger partial charge in [-0.25, -0.2) is 4.21 Å². The third-order valence-corrected chi connectivity index (χ3v) is 5.67. The van der Waals surface area contributed by atoms with E-state index < -0.39 is 11.2 Å². The van der Waals surface area contributed by atoms with E-state index in [1.54, 1.807) is 32.5 Å². The molecule has 0 saturated carbocycles. The third kappa shape index (κ3) is 6.91. The molecule has 1 aliphatic heterocycles. The van der Waals surface area contributed by atoms with E-state index in [0.717, 1.165) is 5.56 Å². The van der Waals surface area contributed by atoms with Crippen LogP contribution in [0.3, 0.4) is 0 Å². The average Bonchev–Trinajstić information content (AvgIpc) is 3.35. The first-order valence-corrected chi connectivity index (χ1v) is 12.4. The Hall–Kier alpha value is -2.66. The number of nitrogens with one attached hydrogen (secondary N) is 2. The van der Waals surface area contributed by atoms with Gasteiger partial charge in [-0.3, -0.25) is 4.79 Å². The molecule has 1 aliphatic rings. The molecule has 0 radical (unpaired) electrons. The van der Waals surface area contributed by atoms with Gasteiger partial charge < -0.3 is 25.1 Å². The van der Waals surface area contributed by atoms with Gasteiger partial charge in [0.2, 0.25) is 0 Å². The molecule has 0 fully saturated rings. The Kier molecular flexibility index (Phi) is 9.66. The smallest absolute Gasteiger partial charge is 0.269 e. The van der Waals surface area contributed by atoms with Gasteiger partial charge in [0.1, 0.15) is 5.76 Å². The van der Waals surface area contributed by atoms with Gasteiger partial charge >= 0.3 is 0 Å². The highest BCUT2D eigenvalue weighted by Crippen LogP contribution is 2.34. The molecule has 3 rings (SSSR count). The molecule has 180 valence electrons. The van der Waals surface area contributed by atoms with Crippen LogP contribution in [0, 0.1) is 0 Å². The van der Waals surface area contributed by atoms with E-state index in [-0.39, 0.29) is 34.6 Å². The first-order valence-electron chi connectivity index (χ1n) is 10.5. The summed E-state index contributed by atoms with van der Waals surface area (Å²) in [6.45, 7) is 8.71. The van der Waals surface area contributed by atoms with Gasteiger partial charge in [-0.2, -0.15) is 0 Å². The van der Waals surface area contributed by atoms with Gasteiger partial charge in [-0.1, -0.05) is 34.1 Å². The molecule has 1 aromatic heterocycles. The summed E-state index contributed by atoms with van der Waals surface area (Å²) in [7, 11) is 3.18. The maximum absolute atomic E-state index is 12.4. The number of rotatable bonds is 5. The van der Waals surface area contributed by atoms with Crippen LogP contribution in [0.25, 0.3) is 0 Å². The zero-order valence-electron chi connectivity index (χ0n) is 19.6. The normalized spacial score (nSPS) is 14.8. The van der Waals surface area contributed by atoms with Crippen LogP contribution in [-0.4, -0.2) is 45.9 Å². The average molecular weight is 540 g/mol. The lowest BCUT2D eigenvalue weighted by atomic mass is 10.1. The number of furan rings is 1. The second kappa shape index (κ2) is 12.0. The van der Waals surface area contributed by atoms with Crippen molar-refractivity contribution in [3.63, 3.8) is 0 Å². The predicted molar refractivity (Wildman–Crippen MR) is 136 cm³/mol. The Morgan fingerprint density at radius 3 is 2.45 bits per heavy atom. The lowest BCUT2D eigenvalue weighted by Gasteiger charge is -2.16. The molecule has 1 amide bonds. The topological polar surface area (TPSA) is 120 Å². The molecule has 1 aromatic carbocycles. The molecule has 0 bridgehead atoms. The minimum absolute atomic E-state index is 0.105. The van der Waals surface area contributed by atoms with E-state index in [0.29, 0.717) is 22.7 Å². The molecule has 1 atom stereocenters. The van der Waals surface area contributed by atoms with Gasteiger partial charge in [-0.05, 0) is 45.6 Å². The summed E-state index contributed by atoms with van der Waals surface area (Å²) in [5.74, 6) is 0.866. The maximum atomic E-state index is 12.4. The van der Waals surface area contributed by atoms with Gasteiger partial charge in [0.25, 0.3) is 17.1 Å². The minimum atomic E-state index is -1.79. The molecule has 0 aliphatic carbocycles. The number of phenols is 1. The number of phenolic OH excluding ortho intramolecular Hbond substituents is 1. The fraction of sp³-hybridized carbons (Fsp3) is 0.409. The summed E-state index contributed by atoms with van der Waals surface area (Å²) in [4.78, 5) is 13.7. The van der Waals surface area contributed by atoms with Crippen molar-refractivity contribution >= 4 is 50.4 Å². The third-order valence-electron chi connectivity index (χ3n) is 4.33. The van der Waals surface area contributed by atoms with Crippen molar-refractivity contribution in [2.75, 3.05) is 19.4 Å². The number of aromatic hydroxyl groups is 1. The number of halogens is 1. The molecular weight excluding hydrogens is 510 g/mol. The van der Waals surface area contributed by atoms with E-state index >= 15 is 0 Å². The van der Waals surface area contributed by atoms with Crippen molar-refractivity contribution in [3.05, 3.63) is 45.8 Å². The first kappa shape index (κ1) is 26.6. The first-order chi connectivity index (χ1) is 15.6. The molecule has 0 saturated heterocycles. The van der Waals surface area contributed by atoms with Crippen LogP contribution in [-0.2, 0) is 17.7 Å². The molecule has 1 unspecified atom stereocenters. The maximum Gasteiger partial charge on any atom is 0.269 e. The van der Waals surface area contributed by atoms with Gasteiger partial charge in [-0.15, -0.1) is 8.80 Å². The van der Waals surface area contributed by atoms with Crippen molar-refractivity contribution in [1.82, 2.24) is 10.2 Å². The lowest BCUT2D eigenvalue weighted by molar-refractivity contribution is 0.0824. The summed E-state index contributed by atoms with van der Waals surface area (Å²) in [6.07, 6.45) is 2.95. The molecule has 3 N–H and O–H groups in total. The van der Waals surface area contributed by atoms with E-state index in [9.17, 15) is 14.1 Å². The Labute approximate surface area is 205 Å². The summed E-state index contributed by atoms with van der Waals surface area (Å²) in [5, 5.41) is 16.6. The Balaban J connectivity index is 0.00000122. The second-order valence-corrected chi connectivity index (χ2v) is 9.50. The highest BCUT2D eigenvalue weighted by Gasteiger charge is 2.24. The zero-order valence-corrected chi connectivity index (χ0v) is 22.0. The van der Waals surface area contributed by atoms with E-state index in [4.69, 9.17) is 4.42 Å². The molecule has 0 spiro atoms. The highest BCUT2D eigenvalue weighted by molar-refractivity contribution is 9.10. The number of hydrogen-bond acceptors (Lipinski definition) is 6. The molecule has 2 heterocycles. The monoisotopic (exact) mass is 539 g/mol. The van der Waals surface area contributed by atoms with Crippen LogP contribution >= 0.6 is 15.9 Å². The van der Waals surface area contributed by atoms with Crippen LogP contribution in [0.5, 0.6) is 5.75 Å². The van der Waals surface area contributed by atoms with E-state index in [1.165, 1.54) is 11.3 Å². The summed E-state index contributed by atoms with van der Waals surface area (Å²) in [5.41, 5.74) is 1.41. The number of amidine groups is 2. The number of carbonyl (C=O) groups is 1.